The smallest absolute Gasteiger partial charge is 0.315 e. The van der Waals surface area contributed by atoms with Gasteiger partial charge >= 0.3 is 6.03 Å². The van der Waals surface area contributed by atoms with Crippen LogP contribution in [0.2, 0.25) is 0 Å². The van der Waals surface area contributed by atoms with E-state index in [1.165, 1.54) is 0 Å². The van der Waals surface area contributed by atoms with Gasteiger partial charge in [0, 0.05) is 5.41 Å². The van der Waals surface area contributed by atoms with Gasteiger partial charge in [-0.1, -0.05) is 56.3 Å². The molecule has 2 amide bonds. The molecule has 2 atom stereocenters. The normalized spacial score (nSPS) is 14.0. The number of aliphatic hydroxyl groups excluding tert-OH is 1. The molecular formula is C17H24N4O3. The van der Waals surface area contributed by atoms with Crippen molar-refractivity contribution in [2.75, 3.05) is 6.61 Å². The third-order valence-electron chi connectivity index (χ3n) is 3.52. The Balaban J connectivity index is 1.97. The molecule has 7 nitrogen and oxygen atoms in total. The highest BCUT2D eigenvalue weighted by Crippen LogP contribution is 2.20. The Labute approximate surface area is 141 Å². The molecule has 0 radical (unpaired) electrons. The molecule has 0 spiro atoms. The number of carbonyl (C=O) groups is 1. The van der Waals surface area contributed by atoms with E-state index in [1.807, 2.05) is 51.1 Å². The minimum absolute atomic E-state index is 0.194. The summed E-state index contributed by atoms with van der Waals surface area (Å²) < 4.78 is 5.22. The maximum absolute atomic E-state index is 12.1. The number of nitrogens with zero attached hydrogens (tertiary/aromatic N) is 2. The summed E-state index contributed by atoms with van der Waals surface area (Å²) in [5.74, 6) is 0.930. The Hall–Kier alpha value is -2.41. The SMILES string of the molecule is CC(NC(=O)N[C@H](CO)c1ccccc1)c1nc(C(C)(C)C)no1. The van der Waals surface area contributed by atoms with E-state index < -0.39 is 18.1 Å². The summed E-state index contributed by atoms with van der Waals surface area (Å²) in [6.45, 7) is 7.52. The van der Waals surface area contributed by atoms with Gasteiger partial charge in [0.2, 0.25) is 5.89 Å². The van der Waals surface area contributed by atoms with Gasteiger partial charge in [-0.2, -0.15) is 4.98 Å². The molecule has 1 unspecified atom stereocenters. The van der Waals surface area contributed by atoms with Gasteiger partial charge in [-0.15, -0.1) is 0 Å². The molecule has 1 aromatic carbocycles. The summed E-state index contributed by atoms with van der Waals surface area (Å²) >= 11 is 0. The summed E-state index contributed by atoms with van der Waals surface area (Å²) in [7, 11) is 0. The molecule has 0 bridgehead atoms. The molecule has 0 aliphatic rings. The van der Waals surface area contributed by atoms with E-state index in [-0.39, 0.29) is 12.0 Å². The minimum Gasteiger partial charge on any atom is -0.394 e. The summed E-state index contributed by atoms with van der Waals surface area (Å²) in [6.07, 6.45) is 0. The van der Waals surface area contributed by atoms with E-state index in [0.29, 0.717) is 11.7 Å². The van der Waals surface area contributed by atoms with E-state index in [1.54, 1.807) is 6.92 Å². The van der Waals surface area contributed by atoms with Gasteiger partial charge in [0.1, 0.15) is 6.04 Å². The first-order valence-electron chi connectivity index (χ1n) is 7.88. The molecule has 1 aromatic heterocycles. The zero-order chi connectivity index (χ0) is 17.7. The van der Waals surface area contributed by atoms with Crippen LogP contribution in [0.4, 0.5) is 4.79 Å². The van der Waals surface area contributed by atoms with Gasteiger partial charge in [0.25, 0.3) is 0 Å². The van der Waals surface area contributed by atoms with Crippen LogP contribution in [0, 0.1) is 0 Å². The van der Waals surface area contributed by atoms with Crippen LogP contribution in [-0.2, 0) is 5.41 Å². The highest BCUT2D eigenvalue weighted by Gasteiger charge is 2.24. The number of aliphatic hydroxyl groups is 1. The fourth-order valence-electron chi connectivity index (χ4n) is 2.09. The number of hydrogen-bond acceptors (Lipinski definition) is 5. The van der Waals surface area contributed by atoms with Crippen LogP contribution in [0.3, 0.4) is 0 Å². The average Bonchev–Trinajstić information content (AvgIpc) is 3.03. The second-order valence-corrected chi connectivity index (χ2v) is 6.69. The van der Waals surface area contributed by atoms with Gasteiger partial charge in [-0.25, -0.2) is 4.79 Å². The lowest BCUT2D eigenvalue weighted by Gasteiger charge is -2.18. The van der Waals surface area contributed by atoms with Crippen molar-refractivity contribution in [3.05, 3.63) is 47.6 Å². The van der Waals surface area contributed by atoms with Crippen molar-refractivity contribution >= 4 is 6.03 Å². The Kier molecular flexibility index (Phi) is 5.56. The fourth-order valence-corrected chi connectivity index (χ4v) is 2.09. The number of nitrogens with one attached hydrogen (secondary N) is 2. The van der Waals surface area contributed by atoms with Crippen LogP contribution >= 0.6 is 0 Å². The maximum Gasteiger partial charge on any atom is 0.315 e. The molecule has 0 saturated carbocycles. The van der Waals surface area contributed by atoms with Gasteiger partial charge in [-0.3, -0.25) is 0 Å². The van der Waals surface area contributed by atoms with E-state index in [9.17, 15) is 9.90 Å². The quantitative estimate of drug-likeness (QED) is 0.781. The Morgan fingerprint density at radius 2 is 1.92 bits per heavy atom. The lowest BCUT2D eigenvalue weighted by molar-refractivity contribution is 0.212. The molecule has 24 heavy (non-hydrogen) atoms. The predicted octanol–water partition coefficient (Wildman–Crippen LogP) is 2.46. The van der Waals surface area contributed by atoms with Crippen LogP contribution in [0.15, 0.2) is 34.9 Å². The van der Waals surface area contributed by atoms with Crippen molar-refractivity contribution in [1.29, 1.82) is 0 Å². The summed E-state index contributed by atoms with van der Waals surface area (Å²) in [5.41, 5.74) is 0.606. The van der Waals surface area contributed by atoms with Gasteiger partial charge in [0.05, 0.1) is 12.6 Å². The minimum atomic E-state index is -0.480. The summed E-state index contributed by atoms with van der Waals surface area (Å²) in [5, 5.41) is 18.9. The monoisotopic (exact) mass is 332 g/mol. The fraction of sp³-hybridized carbons (Fsp3) is 0.471. The number of carbonyl (C=O) groups excluding carboxylic acids is 1. The van der Waals surface area contributed by atoms with Crippen LogP contribution < -0.4 is 10.6 Å². The van der Waals surface area contributed by atoms with E-state index in [2.05, 4.69) is 20.8 Å². The molecule has 0 saturated heterocycles. The predicted molar refractivity (Wildman–Crippen MR) is 89.3 cm³/mol. The van der Waals surface area contributed by atoms with Crippen LogP contribution in [0.1, 0.15) is 57.1 Å². The Bertz CT molecular complexity index is 664. The largest absolute Gasteiger partial charge is 0.394 e. The van der Waals surface area contributed by atoms with Crippen molar-refractivity contribution in [3.63, 3.8) is 0 Å². The first-order chi connectivity index (χ1) is 11.3. The number of urea groups is 1. The Morgan fingerprint density at radius 3 is 2.46 bits per heavy atom. The Morgan fingerprint density at radius 1 is 1.25 bits per heavy atom. The molecule has 2 aromatic rings. The maximum atomic E-state index is 12.1. The lowest BCUT2D eigenvalue weighted by Crippen LogP contribution is -2.40. The second-order valence-electron chi connectivity index (χ2n) is 6.69. The molecule has 1 heterocycles. The van der Waals surface area contributed by atoms with Crippen molar-refractivity contribution in [2.45, 2.75) is 45.2 Å². The molecule has 7 heteroatoms. The van der Waals surface area contributed by atoms with Gasteiger partial charge in [-0.05, 0) is 12.5 Å². The number of aromatic nitrogens is 2. The van der Waals surface area contributed by atoms with Crippen molar-refractivity contribution in [2.24, 2.45) is 0 Å². The van der Waals surface area contributed by atoms with E-state index in [4.69, 9.17) is 4.52 Å². The van der Waals surface area contributed by atoms with E-state index in [0.717, 1.165) is 5.56 Å². The number of benzene rings is 1. The molecule has 130 valence electrons. The van der Waals surface area contributed by atoms with Crippen molar-refractivity contribution in [3.8, 4) is 0 Å². The highest BCUT2D eigenvalue weighted by atomic mass is 16.5. The van der Waals surface area contributed by atoms with Crippen LogP contribution in [-0.4, -0.2) is 27.9 Å². The zero-order valence-corrected chi connectivity index (χ0v) is 14.4. The summed E-state index contributed by atoms with van der Waals surface area (Å²) in [6, 6.07) is 7.94. The van der Waals surface area contributed by atoms with Crippen LogP contribution in [0.5, 0.6) is 0 Å². The van der Waals surface area contributed by atoms with Crippen molar-refractivity contribution in [1.82, 2.24) is 20.8 Å². The van der Waals surface area contributed by atoms with Gasteiger partial charge < -0.3 is 20.3 Å². The number of amides is 2. The molecule has 3 N–H and O–H groups in total. The molecule has 0 aliphatic heterocycles. The van der Waals surface area contributed by atoms with Crippen LogP contribution in [0.25, 0.3) is 0 Å². The van der Waals surface area contributed by atoms with Crippen molar-refractivity contribution < 1.29 is 14.4 Å². The average molecular weight is 332 g/mol. The highest BCUT2D eigenvalue weighted by molar-refractivity contribution is 5.74. The molecule has 0 aliphatic carbocycles. The number of hydrogen-bond donors (Lipinski definition) is 3. The first kappa shape index (κ1) is 17.9. The molecule has 0 fully saturated rings. The topological polar surface area (TPSA) is 100 Å². The molecule has 2 rings (SSSR count). The van der Waals surface area contributed by atoms with E-state index >= 15 is 0 Å². The third-order valence-corrected chi connectivity index (χ3v) is 3.52. The summed E-state index contributed by atoms with van der Waals surface area (Å²) in [4.78, 5) is 16.5. The van der Waals surface area contributed by atoms with Gasteiger partial charge in [0.15, 0.2) is 5.82 Å². The number of rotatable bonds is 5. The standard InChI is InChI=1S/C17H24N4O3/c1-11(14-20-15(21-24-14)17(2,3)4)18-16(23)19-13(10-22)12-8-6-5-7-9-12/h5-9,11,13,22H,10H2,1-4H3,(H2,18,19,23)/t11?,13-/m1/s1. The lowest BCUT2D eigenvalue weighted by atomic mass is 9.96. The molecular weight excluding hydrogens is 308 g/mol. The second kappa shape index (κ2) is 7.44. The zero-order valence-electron chi connectivity index (χ0n) is 14.4. The third kappa shape index (κ3) is 4.55. The first-order valence-corrected chi connectivity index (χ1v) is 7.88.